The Labute approximate surface area is 143 Å². The molecule has 0 fully saturated rings. The summed E-state index contributed by atoms with van der Waals surface area (Å²) >= 11 is 7.34. The van der Waals surface area contributed by atoms with Gasteiger partial charge in [0.25, 0.3) is 0 Å². The SMILES string of the molecule is O=C(O)C1c2ccccc2CCN1C(=O)CCc1ccc(Cl)s1. The number of aryl methyl sites for hydroxylation is 1. The van der Waals surface area contributed by atoms with Gasteiger partial charge in [-0.1, -0.05) is 35.9 Å². The Bertz CT molecular complexity index is 743. The van der Waals surface area contributed by atoms with Gasteiger partial charge in [0, 0.05) is 17.8 Å². The van der Waals surface area contributed by atoms with Crippen LogP contribution in [0.2, 0.25) is 4.34 Å². The zero-order valence-corrected chi connectivity index (χ0v) is 13.9. The average molecular weight is 350 g/mol. The van der Waals surface area contributed by atoms with Gasteiger partial charge in [-0.15, -0.1) is 11.3 Å². The van der Waals surface area contributed by atoms with Crippen molar-refractivity contribution in [3.05, 3.63) is 56.7 Å². The molecule has 23 heavy (non-hydrogen) atoms. The number of carboxylic acids is 1. The number of halogens is 1. The first-order valence-electron chi connectivity index (χ1n) is 7.40. The Balaban J connectivity index is 1.76. The first-order valence-corrected chi connectivity index (χ1v) is 8.60. The molecule has 1 aliphatic rings. The van der Waals surface area contributed by atoms with Gasteiger partial charge in [0.05, 0.1) is 4.34 Å². The third-order valence-electron chi connectivity index (χ3n) is 4.05. The summed E-state index contributed by atoms with van der Waals surface area (Å²) in [5.74, 6) is -1.11. The summed E-state index contributed by atoms with van der Waals surface area (Å²) in [6, 6.07) is 10.3. The second-order valence-corrected chi connectivity index (χ2v) is 7.28. The molecule has 1 unspecified atom stereocenters. The number of thiophene rings is 1. The minimum atomic E-state index is -0.982. The van der Waals surface area contributed by atoms with E-state index < -0.39 is 12.0 Å². The molecule has 1 aromatic heterocycles. The maximum Gasteiger partial charge on any atom is 0.331 e. The smallest absolute Gasteiger partial charge is 0.331 e. The van der Waals surface area contributed by atoms with Crippen molar-refractivity contribution >= 4 is 34.8 Å². The van der Waals surface area contributed by atoms with Gasteiger partial charge in [0.1, 0.15) is 0 Å². The molecule has 0 radical (unpaired) electrons. The molecule has 2 aromatic rings. The molecular weight excluding hydrogens is 334 g/mol. The van der Waals surface area contributed by atoms with Crippen molar-refractivity contribution in [2.45, 2.75) is 25.3 Å². The van der Waals surface area contributed by atoms with Crippen molar-refractivity contribution in [3.8, 4) is 0 Å². The number of aliphatic carboxylic acids is 1. The van der Waals surface area contributed by atoms with Crippen LogP contribution in [0.4, 0.5) is 0 Å². The standard InChI is InChI=1S/C17H16ClNO3S/c18-14-7-5-12(23-14)6-8-15(20)19-10-9-11-3-1-2-4-13(11)16(19)17(21)22/h1-5,7,16H,6,8-10H2,(H,21,22). The van der Waals surface area contributed by atoms with E-state index in [1.165, 1.54) is 16.2 Å². The number of carboxylic acid groups (broad SMARTS) is 1. The number of hydrogen-bond donors (Lipinski definition) is 1. The van der Waals surface area contributed by atoms with Gasteiger partial charge < -0.3 is 10.0 Å². The van der Waals surface area contributed by atoms with E-state index in [0.29, 0.717) is 30.1 Å². The van der Waals surface area contributed by atoms with Crippen LogP contribution in [0, 0.1) is 0 Å². The number of hydrogen-bond acceptors (Lipinski definition) is 3. The predicted molar refractivity (Wildman–Crippen MR) is 89.9 cm³/mol. The van der Waals surface area contributed by atoms with Crippen molar-refractivity contribution in [2.75, 3.05) is 6.54 Å². The van der Waals surface area contributed by atoms with Gasteiger partial charge >= 0.3 is 5.97 Å². The zero-order valence-electron chi connectivity index (χ0n) is 12.4. The minimum Gasteiger partial charge on any atom is -0.479 e. The quantitative estimate of drug-likeness (QED) is 0.918. The Morgan fingerprint density at radius 3 is 2.74 bits per heavy atom. The summed E-state index contributed by atoms with van der Waals surface area (Å²) in [4.78, 5) is 26.8. The average Bonchev–Trinajstić information content (AvgIpc) is 2.96. The lowest BCUT2D eigenvalue weighted by atomic mass is 9.92. The van der Waals surface area contributed by atoms with E-state index in [1.54, 1.807) is 6.07 Å². The van der Waals surface area contributed by atoms with Crippen molar-refractivity contribution in [1.29, 1.82) is 0 Å². The number of benzene rings is 1. The number of nitrogens with zero attached hydrogens (tertiary/aromatic N) is 1. The normalized spacial score (nSPS) is 16.9. The van der Waals surface area contributed by atoms with Crippen LogP contribution < -0.4 is 0 Å². The Kier molecular flexibility index (Phi) is 4.68. The van der Waals surface area contributed by atoms with Crippen LogP contribution >= 0.6 is 22.9 Å². The molecule has 1 N–H and O–H groups in total. The minimum absolute atomic E-state index is 0.128. The van der Waals surface area contributed by atoms with Gasteiger partial charge in [0.15, 0.2) is 6.04 Å². The summed E-state index contributed by atoms with van der Waals surface area (Å²) < 4.78 is 0.697. The molecule has 0 saturated heterocycles. The van der Waals surface area contributed by atoms with E-state index in [9.17, 15) is 14.7 Å². The number of carbonyl (C=O) groups is 2. The molecule has 1 aliphatic heterocycles. The van der Waals surface area contributed by atoms with Crippen LogP contribution in [0.15, 0.2) is 36.4 Å². The summed E-state index contributed by atoms with van der Waals surface area (Å²) in [5, 5.41) is 9.58. The highest BCUT2D eigenvalue weighted by Crippen LogP contribution is 2.31. The van der Waals surface area contributed by atoms with Gasteiger partial charge in [0.2, 0.25) is 5.91 Å². The van der Waals surface area contributed by atoms with Crippen LogP contribution in [-0.4, -0.2) is 28.4 Å². The molecule has 3 rings (SSSR count). The second-order valence-electron chi connectivity index (χ2n) is 5.48. The highest BCUT2D eigenvalue weighted by Gasteiger charge is 2.35. The maximum absolute atomic E-state index is 12.5. The van der Waals surface area contributed by atoms with E-state index in [0.717, 1.165) is 16.0 Å². The van der Waals surface area contributed by atoms with E-state index in [2.05, 4.69) is 0 Å². The first kappa shape index (κ1) is 16.0. The number of carbonyl (C=O) groups excluding carboxylic acids is 1. The van der Waals surface area contributed by atoms with Crippen LogP contribution in [0.5, 0.6) is 0 Å². The fraction of sp³-hybridized carbons (Fsp3) is 0.294. The van der Waals surface area contributed by atoms with Crippen LogP contribution in [-0.2, 0) is 22.4 Å². The summed E-state index contributed by atoms with van der Waals surface area (Å²) in [5.41, 5.74) is 1.73. The van der Waals surface area contributed by atoms with Crippen LogP contribution in [0.3, 0.4) is 0 Å². The van der Waals surface area contributed by atoms with Crippen molar-refractivity contribution < 1.29 is 14.7 Å². The van der Waals surface area contributed by atoms with Crippen molar-refractivity contribution in [3.63, 3.8) is 0 Å². The largest absolute Gasteiger partial charge is 0.479 e. The third kappa shape index (κ3) is 3.41. The molecule has 0 saturated carbocycles. The molecule has 1 atom stereocenters. The molecule has 6 heteroatoms. The third-order valence-corrected chi connectivity index (χ3v) is 5.34. The molecular formula is C17H16ClNO3S. The molecule has 4 nitrogen and oxygen atoms in total. The fourth-order valence-corrected chi connectivity index (χ4v) is 4.05. The van der Waals surface area contributed by atoms with Crippen LogP contribution in [0.1, 0.15) is 28.5 Å². The molecule has 1 aromatic carbocycles. The van der Waals surface area contributed by atoms with E-state index in [-0.39, 0.29) is 5.91 Å². The molecule has 0 bridgehead atoms. The van der Waals surface area contributed by atoms with Gasteiger partial charge in [-0.3, -0.25) is 4.79 Å². The molecule has 120 valence electrons. The van der Waals surface area contributed by atoms with E-state index >= 15 is 0 Å². The van der Waals surface area contributed by atoms with Gasteiger partial charge in [-0.05, 0) is 36.1 Å². The van der Waals surface area contributed by atoms with Gasteiger partial charge in [-0.25, -0.2) is 4.79 Å². The highest BCUT2D eigenvalue weighted by atomic mass is 35.5. The monoisotopic (exact) mass is 349 g/mol. The van der Waals surface area contributed by atoms with Crippen LogP contribution in [0.25, 0.3) is 0 Å². The summed E-state index contributed by atoms with van der Waals surface area (Å²) in [6.07, 6.45) is 1.57. The fourth-order valence-electron chi connectivity index (χ4n) is 2.96. The number of rotatable bonds is 4. The van der Waals surface area contributed by atoms with E-state index in [4.69, 9.17) is 11.6 Å². The number of amides is 1. The van der Waals surface area contributed by atoms with Crippen molar-refractivity contribution in [2.24, 2.45) is 0 Å². The summed E-state index contributed by atoms with van der Waals surface area (Å²) in [7, 11) is 0. The molecule has 1 amide bonds. The van der Waals surface area contributed by atoms with Crippen molar-refractivity contribution in [1.82, 2.24) is 4.90 Å². The van der Waals surface area contributed by atoms with E-state index in [1.807, 2.05) is 30.3 Å². The maximum atomic E-state index is 12.5. The Morgan fingerprint density at radius 2 is 2.04 bits per heavy atom. The Hall–Kier alpha value is -1.85. The topological polar surface area (TPSA) is 57.6 Å². The highest BCUT2D eigenvalue weighted by molar-refractivity contribution is 7.16. The second kappa shape index (κ2) is 6.72. The summed E-state index contributed by atoms with van der Waals surface area (Å²) in [6.45, 7) is 0.442. The predicted octanol–water partition coefficient (Wildman–Crippen LogP) is 3.54. The molecule has 2 heterocycles. The molecule has 0 spiro atoms. The molecule has 0 aliphatic carbocycles. The zero-order chi connectivity index (χ0) is 16.4. The lowest BCUT2D eigenvalue weighted by molar-refractivity contribution is -0.151. The number of fused-ring (bicyclic) bond motifs is 1. The van der Waals surface area contributed by atoms with Gasteiger partial charge in [-0.2, -0.15) is 0 Å². The Morgan fingerprint density at radius 1 is 1.26 bits per heavy atom. The first-order chi connectivity index (χ1) is 11.1. The lowest BCUT2D eigenvalue weighted by Crippen LogP contribution is -2.43. The lowest BCUT2D eigenvalue weighted by Gasteiger charge is -2.34.